The average molecular weight is 371 g/mol. The SMILES string of the molecule is CCOC(=O)C(=O)C1CCOc2cc(OC)c(Br)cc2C1=O. The van der Waals surface area contributed by atoms with E-state index >= 15 is 0 Å². The van der Waals surface area contributed by atoms with Gasteiger partial charge in [0.25, 0.3) is 5.78 Å². The third-order valence-corrected chi connectivity index (χ3v) is 3.91. The second-order valence-electron chi connectivity index (χ2n) is 4.62. The van der Waals surface area contributed by atoms with Crippen LogP contribution in [-0.4, -0.2) is 37.9 Å². The Balaban J connectivity index is 2.36. The van der Waals surface area contributed by atoms with Gasteiger partial charge in [-0.15, -0.1) is 0 Å². The van der Waals surface area contributed by atoms with E-state index in [4.69, 9.17) is 9.47 Å². The van der Waals surface area contributed by atoms with Crippen LogP contribution in [0.25, 0.3) is 0 Å². The molecular weight excluding hydrogens is 356 g/mol. The van der Waals surface area contributed by atoms with E-state index in [1.807, 2.05) is 0 Å². The summed E-state index contributed by atoms with van der Waals surface area (Å²) in [6.07, 6.45) is 0.130. The van der Waals surface area contributed by atoms with Crippen LogP contribution in [0.15, 0.2) is 16.6 Å². The van der Waals surface area contributed by atoms with E-state index in [-0.39, 0.29) is 25.2 Å². The number of ether oxygens (including phenoxy) is 3. The van der Waals surface area contributed by atoms with Gasteiger partial charge in [0.05, 0.1) is 36.3 Å². The van der Waals surface area contributed by atoms with Gasteiger partial charge in [-0.2, -0.15) is 0 Å². The maximum atomic E-state index is 12.6. The van der Waals surface area contributed by atoms with Crippen LogP contribution in [0.5, 0.6) is 11.5 Å². The van der Waals surface area contributed by atoms with Crippen LogP contribution in [0.4, 0.5) is 0 Å². The van der Waals surface area contributed by atoms with Crippen LogP contribution >= 0.6 is 15.9 Å². The van der Waals surface area contributed by atoms with E-state index in [1.54, 1.807) is 13.0 Å². The lowest BCUT2D eigenvalue weighted by Crippen LogP contribution is -2.31. The van der Waals surface area contributed by atoms with Gasteiger partial charge in [-0.25, -0.2) is 4.79 Å². The van der Waals surface area contributed by atoms with Crippen molar-refractivity contribution in [3.8, 4) is 11.5 Å². The predicted molar refractivity (Wildman–Crippen MR) is 80.3 cm³/mol. The molecule has 1 aliphatic rings. The Morgan fingerprint density at radius 3 is 2.77 bits per heavy atom. The Morgan fingerprint density at radius 1 is 1.41 bits per heavy atom. The fourth-order valence-electron chi connectivity index (χ4n) is 2.20. The number of halogens is 1. The second kappa shape index (κ2) is 6.91. The van der Waals surface area contributed by atoms with Gasteiger partial charge in [0.15, 0.2) is 5.78 Å². The van der Waals surface area contributed by atoms with E-state index in [9.17, 15) is 14.4 Å². The van der Waals surface area contributed by atoms with Crippen LogP contribution in [0, 0.1) is 5.92 Å². The third kappa shape index (κ3) is 3.14. The Kier molecular flexibility index (Phi) is 5.18. The molecule has 0 N–H and O–H groups in total. The summed E-state index contributed by atoms with van der Waals surface area (Å²) in [7, 11) is 1.50. The largest absolute Gasteiger partial charge is 0.495 e. The van der Waals surface area contributed by atoms with Gasteiger partial charge in [-0.3, -0.25) is 9.59 Å². The molecule has 1 aromatic rings. The highest BCUT2D eigenvalue weighted by atomic mass is 79.9. The van der Waals surface area contributed by atoms with Gasteiger partial charge in [-0.05, 0) is 35.3 Å². The number of benzene rings is 1. The predicted octanol–water partition coefficient (Wildman–Crippen LogP) is 2.17. The first-order chi connectivity index (χ1) is 10.5. The first kappa shape index (κ1) is 16.5. The van der Waals surface area contributed by atoms with E-state index in [1.165, 1.54) is 13.2 Å². The standard InChI is InChI=1S/C15H15BrO6/c1-3-21-15(19)14(18)8-4-5-22-11-7-12(20-2)10(16)6-9(11)13(8)17/h6-8H,3-5H2,1-2H3. The summed E-state index contributed by atoms with van der Waals surface area (Å²) in [5, 5.41) is 0. The monoisotopic (exact) mass is 370 g/mol. The first-order valence-electron chi connectivity index (χ1n) is 6.75. The number of ketones is 2. The van der Waals surface area contributed by atoms with E-state index in [0.717, 1.165) is 0 Å². The van der Waals surface area contributed by atoms with Crippen LogP contribution in [0.3, 0.4) is 0 Å². The van der Waals surface area contributed by atoms with Crippen molar-refractivity contribution in [3.05, 3.63) is 22.2 Å². The molecule has 1 unspecified atom stereocenters. The molecule has 2 rings (SSSR count). The lowest BCUT2D eigenvalue weighted by Gasteiger charge is -2.11. The minimum Gasteiger partial charge on any atom is -0.495 e. The van der Waals surface area contributed by atoms with E-state index < -0.39 is 23.5 Å². The minimum absolute atomic E-state index is 0.0846. The van der Waals surface area contributed by atoms with Crippen molar-refractivity contribution in [1.29, 1.82) is 0 Å². The molecule has 0 radical (unpaired) electrons. The molecule has 1 atom stereocenters. The topological polar surface area (TPSA) is 78.9 Å². The van der Waals surface area contributed by atoms with Crippen LogP contribution in [0.1, 0.15) is 23.7 Å². The number of hydrogen-bond donors (Lipinski definition) is 0. The lowest BCUT2D eigenvalue weighted by atomic mass is 9.91. The Morgan fingerprint density at radius 2 is 2.14 bits per heavy atom. The van der Waals surface area contributed by atoms with Crippen LogP contribution in [0.2, 0.25) is 0 Å². The highest BCUT2D eigenvalue weighted by Crippen LogP contribution is 2.36. The molecule has 6 nitrogen and oxygen atoms in total. The van der Waals surface area contributed by atoms with Gasteiger partial charge in [0.2, 0.25) is 0 Å². The number of esters is 1. The molecule has 7 heteroatoms. The summed E-state index contributed by atoms with van der Waals surface area (Å²) >= 11 is 3.29. The van der Waals surface area contributed by atoms with E-state index in [0.29, 0.717) is 16.0 Å². The Bertz CT molecular complexity index is 625. The zero-order chi connectivity index (χ0) is 16.3. The molecular formula is C15H15BrO6. The number of carbonyl (C=O) groups is 3. The zero-order valence-corrected chi connectivity index (χ0v) is 13.8. The third-order valence-electron chi connectivity index (χ3n) is 3.29. The smallest absolute Gasteiger partial charge is 0.375 e. The average Bonchev–Trinajstić information content (AvgIpc) is 2.65. The number of methoxy groups -OCH3 is 1. The summed E-state index contributed by atoms with van der Waals surface area (Å²) in [5.74, 6) is -2.51. The highest BCUT2D eigenvalue weighted by Gasteiger charge is 2.36. The second-order valence-corrected chi connectivity index (χ2v) is 5.48. The molecule has 0 bridgehead atoms. The number of carbonyl (C=O) groups excluding carboxylic acids is 3. The quantitative estimate of drug-likeness (QED) is 0.459. The zero-order valence-electron chi connectivity index (χ0n) is 12.2. The minimum atomic E-state index is -1.08. The van der Waals surface area contributed by atoms with E-state index in [2.05, 4.69) is 20.7 Å². The summed E-state index contributed by atoms with van der Waals surface area (Å²) in [6.45, 7) is 1.84. The molecule has 22 heavy (non-hydrogen) atoms. The van der Waals surface area contributed by atoms with Crippen molar-refractivity contribution >= 4 is 33.5 Å². The van der Waals surface area contributed by atoms with Crippen LogP contribution < -0.4 is 9.47 Å². The fraction of sp³-hybridized carbons (Fsp3) is 0.400. The molecule has 0 fully saturated rings. The van der Waals surface area contributed by atoms with Crippen LogP contribution in [-0.2, 0) is 14.3 Å². The summed E-state index contributed by atoms with van der Waals surface area (Å²) in [4.78, 5) is 36.2. The molecule has 0 amide bonds. The van der Waals surface area contributed by atoms with Gasteiger partial charge in [-0.1, -0.05) is 0 Å². The highest BCUT2D eigenvalue weighted by molar-refractivity contribution is 9.10. The number of rotatable bonds is 4. The number of Topliss-reactive ketones (excluding diaryl/α,β-unsaturated/α-hetero) is 2. The summed E-state index contributed by atoms with van der Waals surface area (Å²) in [6, 6.07) is 3.11. The van der Waals surface area contributed by atoms with Crippen molar-refractivity contribution in [2.75, 3.05) is 20.3 Å². The van der Waals surface area contributed by atoms with Gasteiger partial charge >= 0.3 is 5.97 Å². The molecule has 0 aromatic heterocycles. The summed E-state index contributed by atoms with van der Waals surface area (Å²) in [5.41, 5.74) is 0.243. The first-order valence-corrected chi connectivity index (χ1v) is 7.54. The maximum absolute atomic E-state index is 12.6. The Hall–Kier alpha value is -1.89. The molecule has 118 valence electrons. The van der Waals surface area contributed by atoms with Crippen molar-refractivity contribution in [2.45, 2.75) is 13.3 Å². The van der Waals surface area contributed by atoms with Crippen molar-refractivity contribution < 1.29 is 28.6 Å². The Labute approximate surface area is 135 Å². The van der Waals surface area contributed by atoms with Crippen molar-refractivity contribution in [3.63, 3.8) is 0 Å². The lowest BCUT2D eigenvalue weighted by molar-refractivity contribution is -0.154. The van der Waals surface area contributed by atoms with Gasteiger partial charge in [0, 0.05) is 6.07 Å². The fourth-order valence-corrected chi connectivity index (χ4v) is 2.71. The molecule has 1 heterocycles. The molecule has 0 aliphatic carbocycles. The van der Waals surface area contributed by atoms with Gasteiger partial charge < -0.3 is 14.2 Å². The molecule has 0 saturated carbocycles. The molecule has 1 aliphatic heterocycles. The molecule has 1 aromatic carbocycles. The van der Waals surface area contributed by atoms with Gasteiger partial charge in [0.1, 0.15) is 11.5 Å². The maximum Gasteiger partial charge on any atom is 0.375 e. The van der Waals surface area contributed by atoms with Crippen molar-refractivity contribution in [1.82, 2.24) is 0 Å². The molecule has 0 saturated heterocycles. The number of hydrogen-bond acceptors (Lipinski definition) is 6. The number of fused-ring (bicyclic) bond motifs is 1. The van der Waals surface area contributed by atoms with Crippen molar-refractivity contribution in [2.24, 2.45) is 5.92 Å². The normalized spacial score (nSPS) is 17.0. The summed E-state index contributed by atoms with van der Waals surface area (Å²) < 4.78 is 15.9. The molecule has 0 spiro atoms.